The molecule has 0 atom stereocenters. The van der Waals surface area contributed by atoms with Gasteiger partial charge in [0.15, 0.2) is 0 Å². The summed E-state index contributed by atoms with van der Waals surface area (Å²) in [5.74, 6) is -0.119. The monoisotopic (exact) mass is 427 g/mol. The summed E-state index contributed by atoms with van der Waals surface area (Å²) in [5, 5.41) is 3.50. The average molecular weight is 428 g/mol. The fourth-order valence-corrected chi connectivity index (χ4v) is 3.75. The number of carbonyl (C=O) groups is 1. The van der Waals surface area contributed by atoms with Crippen molar-refractivity contribution in [2.45, 2.75) is 90.5 Å². The van der Waals surface area contributed by atoms with Crippen LogP contribution in [-0.4, -0.2) is 28.7 Å². The zero-order chi connectivity index (χ0) is 22.0. The molecule has 0 fully saturated rings. The zero-order valence-electron chi connectivity index (χ0n) is 19.4. The van der Waals surface area contributed by atoms with E-state index in [-0.39, 0.29) is 5.97 Å². The molecule has 0 aliphatic rings. The molecule has 2 aromatic rings. The van der Waals surface area contributed by atoms with Crippen molar-refractivity contribution in [3.8, 4) is 0 Å². The van der Waals surface area contributed by atoms with Gasteiger partial charge in [-0.1, -0.05) is 63.5 Å². The highest BCUT2D eigenvalue weighted by molar-refractivity contribution is 5.69. The molecule has 172 valence electrons. The number of ether oxygens (including phenoxy) is 1. The normalized spacial score (nSPS) is 10.9. The van der Waals surface area contributed by atoms with Crippen LogP contribution in [0.1, 0.15) is 83.1 Å². The average Bonchev–Trinajstić information content (AvgIpc) is 3.30. The first-order valence-corrected chi connectivity index (χ1v) is 12.2. The summed E-state index contributed by atoms with van der Waals surface area (Å²) in [6.07, 6.45) is 20.3. The Morgan fingerprint density at radius 2 is 1.58 bits per heavy atom. The van der Waals surface area contributed by atoms with Gasteiger partial charge in [-0.2, -0.15) is 0 Å². The lowest BCUT2D eigenvalue weighted by molar-refractivity contribution is -0.143. The van der Waals surface area contributed by atoms with E-state index in [0.29, 0.717) is 13.0 Å². The number of esters is 1. The Morgan fingerprint density at radius 3 is 2.19 bits per heavy atom. The molecule has 0 unspecified atom stereocenters. The van der Waals surface area contributed by atoms with Crippen LogP contribution in [0.2, 0.25) is 0 Å². The van der Waals surface area contributed by atoms with Crippen LogP contribution in [0.3, 0.4) is 0 Å². The van der Waals surface area contributed by atoms with Crippen molar-refractivity contribution in [1.29, 1.82) is 0 Å². The van der Waals surface area contributed by atoms with Crippen LogP contribution < -0.4 is 5.32 Å². The number of hydrogen-bond acceptors (Lipinski definition) is 4. The number of anilines is 1. The molecule has 1 heterocycles. The lowest BCUT2D eigenvalue weighted by Gasteiger charge is -2.08. The van der Waals surface area contributed by atoms with E-state index in [1.807, 2.05) is 25.6 Å². The first-order chi connectivity index (χ1) is 15.3. The zero-order valence-corrected chi connectivity index (χ0v) is 19.4. The fourth-order valence-electron chi connectivity index (χ4n) is 3.75. The highest BCUT2D eigenvalue weighted by atomic mass is 16.5. The molecule has 0 amide bonds. The van der Waals surface area contributed by atoms with Crippen LogP contribution in [0.5, 0.6) is 0 Å². The second-order valence-electron chi connectivity index (χ2n) is 8.26. The molecule has 0 radical (unpaired) electrons. The highest BCUT2D eigenvalue weighted by Crippen LogP contribution is 2.13. The number of imidazole rings is 1. The third-order valence-electron chi connectivity index (χ3n) is 5.61. The van der Waals surface area contributed by atoms with E-state index in [1.165, 1.54) is 69.8 Å². The van der Waals surface area contributed by atoms with E-state index in [0.717, 1.165) is 25.2 Å². The summed E-state index contributed by atoms with van der Waals surface area (Å²) in [6.45, 7) is 4.43. The van der Waals surface area contributed by atoms with E-state index < -0.39 is 0 Å². The van der Waals surface area contributed by atoms with Crippen LogP contribution in [-0.2, 0) is 22.5 Å². The summed E-state index contributed by atoms with van der Waals surface area (Å²) >= 11 is 0. The van der Waals surface area contributed by atoms with Crippen molar-refractivity contribution in [3.05, 3.63) is 48.5 Å². The quantitative estimate of drug-likeness (QED) is 0.221. The molecule has 5 nitrogen and oxygen atoms in total. The molecular formula is C26H41N3O2. The molecule has 2 rings (SSSR count). The Morgan fingerprint density at radius 1 is 0.935 bits per heavy atom. The van der Waals surface area contributed by atoms with Gasteiger partial charge in [0, 0.05) is 37.6 Å². The van der Waals surface area contributed by atoms with Crippen molar-refractivity contribution in [2.75, 3.05) is 18.5 Å². The van der Waals surface area contributed by atoms with E-state index in [2.05, 4.69) is 39.1 Å². The predicted octanol–water partition coefficient (Wildman–Crippen LogP) is 6.39. The second kappa shape index (κ2) is 16.4. The number of aromatic nitrogens is 2. The molecule has 1 aromatic carbocycles. The molecule has 1 N–H and O–H groups in total. The van der Waals surface area contributed by atoms with Crippen molar-refractivity contribution in [3.63, 3.8) is 0 Å². The Hall–Kier alpha value is -2.30. The number of rotatable bonds is 18. The third kappa shape index (κ3) is 12.2. The topological polar surface area (TPSA) is 56.1 Å². The molecule has 0 aliphatic carbocycles. The fraction of sp³-hybridized carbons (Fsp3) is 0.615. The van der Waals surface area contributed by atoms with Crippen molar-refractivity contribution >= 4 is 11.7 Å². The SMILES string of the molecule is CCOC(=O)CCc1ccc(NCCCCCCCCCCCCn2ccnc2)cc1. The van der Waals surface area contributed by atoms with Gasteiger partial charge in [0.1, 0.15) is 0 Å². The van der Waals surface area contributed by atoms with E-state index in [4.69, 9.17) is 4.74 Å². The first kappa shape index (κ1) is 25.0. The molecule has 0 aliphatic heterocycles. The van der Waals surface area contributed by atoms with Gasteiger partial charge in [0.2, 0.25) is 0 Å². The van der Waals surface area contributed by atoms with Gasteiger partial charge < -0.3 is 14.6 Å². The van der Waals surface area contributed by atoms with E-state index >= 15 is 0 Å². The standard InChI is InChI=1S/C26H41N3O2/c1-2-31-26(30)18-15-24-13-16-25(17-14-24)28-19-11-9-7-5-3-4-6-8-10-12-21-29-22-20-27-23-29/h13-14,16-17,20,22-23,28H,2-12,15,18-19,21H2,1H3. The van der Waals surface area contributed by atoms with Crippen molar-refractivity contribution in [2.24, 2.45) is 0 Å². The Labute approximate surface area is 188 Å². The Balaban J connectivity index is 1.36. The number of carbonyl (C=O) groups excluding carboxylic acids is 1. The summed E-state index contributed by atoms with van der Waals surface area (Å²) in [4.78, 5) is 15.5. The summed E-state index contributed by atoms with van der Waals surface area (Å²) in [6, 6.07) is 8.41. The molecule has 0 spiro atoms. The van der Waals surface area contributed by atoms with Gasteiger partial charge in [-0.25, -0.2) is 4.98 Å². The van der Waals surface area contributed by atoms with Gasteiger partial charge in [-0.05, 0) is 43.9 Å². The Kier molecular flexibility index (Phi) is 13.2. The lowest BCUT2D eigenvalue weighted by Crippen LogP contribution is -2.05. The molecule has 0 saturated carbocycles. The first-order valence-electron chi connectivity index (χ1n) is 12.2. The lowest BCUT2D eigenvalue weighted by atomic mass is 10.1. The van der Waals surface area contributed by atoms with Gasteiger partial charge in [0.25, 0.3) is 0 Å². The minimum Gasteiger partial charge on any atom is -0.466 e. The van der Waals surface area contributed by atoms with Crippen molar-refractivity contribution < 1.29 is 9.53 Å². The third-order valence-corrected chi connectivity index (χ3v) is 5.61. The molecular weight excluding hydrogens is 386 g/mol. The number of hydrogen-bond donors (Lipinski definition) is 1. The number of aryl methyl sites for hydroxylation is 2. The summed E-state index contributed by atoms with van der Waals surface area (Å²) in [5.41, 5.74) is 2.34. The smallest absolute Gasteiger partial charge is 0.306 e. The van der Waals surface area contributed by atoms with Crippen LogP contribution in [0.25, 0.3) is 0 Å². The molecule has 31 heavy (non-hydrogen) atoms. The number of benzene rings is 1. The number of nitrogens with zero attached hydrogens (tertiary/aromatic N) is 2. The summed E-state index contributed by atoms with van der Waals surface area (Å²) < 4.78 is 7.14. The largest absolute Gasteiger partial charge is 0.466 e. The van der Waals surface area contributed by atoms with Crippen LogP contribution >= 0.6 is 0 Å². The Bertz CT molecular complexity index is 683. The van der Waals surface area contributed by atoms with Crippen LogP contribution in [0.4, 0.5) is 5.69 Å². The maximum atomic E-state index is 11.4. The van der Waals surface area contributed by atoms with Gasteiger partial charge in [-0.15, -0.1) is 0 Å². The maximum Gasteiger partial charge on any atom is 0.306 e. The van der Waals surface area contributed by atoms with Gasteiger partial charge in [0.05, 0.1) is 12.9 Å². The van der Waals surface area contributed by atoms with Crippen molar-refractivity contribution in [1.82, 2.24) is 9.55 Å². The second-order valence-corrected chi connectivity index (χ2v) is 8.26. The minimum absolute atomic E-state index is 0.119. The summed E-state index contributed by atoms with van der Waals surface area (Å²) in [7, 11) is 0. The van der Waals surface area contributed by atoms with Gasteiger partial charge in [-0.3, -0.25) is 4.79 Å². The molecule has 1 aromatic heterocycles. The molecule has 0 saturated heterocycles. The molecule has 5 heteroatoms. The van der Waals surface area contributed by atoms with Crippen LogP contribution in [0.15, 0.2) is 43.0 Å². The maximum absolute atomic E-state index is 11.4. The molecule has 0 bridgehead atoms. The van der Waals surface area contributed by atoms with Crippen LogP contribution in [0, 0.1) is 0 Å². The van der Waals surface area contributed by atoms with E-state index in [1.54, 1.807) is 0 Å². The van der Waals surface area contributed by atoms with Gasteiger partial charge >= 0.3 is 5.97 Å². The minimum atomic E-state index is -0.119. The number of unbranched alkanes of at least 4 members (excludes halogenated alkanes) is 9. The highest BCUT2D eigenvalue weighted by Gasteiger charge is 2.02. The predicted molar refractivity (Wildman–Crippen MR) is 128 cm³/mol. The number of nitrogens with one attached hydrogen (secondary N) is 1. The van der Waals surface area contributed by atoms with E-state index in [9.17, 15) is 4.79 Å².